The molecule has 0 saturated carbocycles. The monoisotopic (exact) mass is 561 g/mol. The maximum absolute atomic E-state index is 12.9. The number of fused-ring (bicyclic) bond motifs is 1. The van der Waals surface area contributed by atoms with Crippen LogP contribution >= 0.6 is 0 Å². The predicted octanol–water partition coefficient (Wildman–Crippen LogP) is 4.44. The van der Waals surface area contributed by atoms with E-state index in [9.17, 15) is 31.2 Å². The highest BCUT2D eigenvalue weighted by Gasteiger charge is 2.34. The number of halogens is 3. The van der Waals surface area contributed by atoms with Gasteiger partial charge in [-0.05, 0) is 64.1 Å². The number of rotatable bonds is 5. The molecule has 0 unspecified atom stereocenters. The van der Waals surface area contributed by atoms with E-state index < -0.39 is 26.7 Å². The number of anilines is 2. The normalized spacial score (nSPS) is 12.8. The molecule has 0 spiro atoms. The van der Waals surface area contributed by atoms with Crippen molar-refractivity contribution in [3.8, 4) is 5.75 Å². The number of carbonyl (C=O) groups excluding carboxylic acids is 2. The van der Waals surface area contributed by atoms with Gasteiger partial charge >= 0.3 is 6.18 Å². The molecule has 212 valence electrons. The van der Waals surface area contributed by atoms with Crippen molar-refractivity contribution in [3.05, 3.63) is 48.0 Å². The van der Waals surface area contributed by atoms with Gasteiger partial charge in [-0.15, -0.1) is 0 Å². The summed E-state index contributed by atoms with van der Waals surface area (Å²) in [6, 6.07) is 8.65. The minimum Gasteiger partial charge on any atom is -0.489 e. The first kappa shape index (κ1) is 32.5. The SMILES string of the molecule is CC(C)(C)OC=O.CCNC(C)=O.CNc1ccc2c(c1)N(S(=O)(=O)c1cccc(C(F)(F)F)c1)CCO2. The number of hydrogen-bond donors (Lipinski definition) is 2. The Labute approximate surface area is 221 Å². The lowest BCUT2D eigenvalue weighted by molar-refractivity contribution is -0.139. The fourth-order valence-electron chi connectivity index (χ4n) is 2.95. The van der Waals surface area contributed by atoms with Gasteiger partial charge in [-0.2, -0.15) is 13.2 Å². The second-order valence-electron chi connectivity index (χ2n) is 8.80. The Morgan fingerprint density at radius 3 is 2.26 bits per heavy atom. The quantitative estimate of drug-likeness (QED) is 0.519. The maximum Gasteiger partial charge on any atom is 0.416 e. The van der Waals surface area contributed by atoms with Gasteiger partial charge in [-0.3, -0.25) is 13.9 Å². The number of alkyl halides is 3. The Hall–Kier alpha value is -3.48. The lowest BCUT2D eigenvalue weighted by atomic mass is 10.2. The number of benzene rings is 2. The van der Waals surface area contributed by atoms with E-state index in [4.69, 9.17) is 4.74 Å². The topological polar surface area (TPSA) is 114 Å². The molecule has 2 aromatic rings. The summed E-state index contributed by atoms with van der Waals surface area (Å²) in [7, 11) is -2.48. The highest BCUT2D eigenvalue weighted by Crippen LogP contribution is 2.38. The van der Waals surface area contributed by atoms with Gasteiger partial charge in [-0.1, -0.05) is 6.07 Å². The van der Waals surface area contributed by atoms with Gasteiger partial charge in [0.05, 0.1) is 22.7 Å². The molecule has 0 saturated heterocycles. The third kappa shape index (κ3) is 10.1. The van der Waals surface area contributed by atoms with Gasteiger partial charge in [0.1, 0.15) is 18.0 Å². The Morgan fingerprint density at radius 1 is 1.16 bits per heavy atom. The molecule has 0 fully saturated rings. The Kier molecular flexibility index (Phi) is 11.9. The average molecular weight is 562 g/mol. The summed E-state index contributed by atoms with van der Waals surface area (Å²) in [6.45, 7) is 10.2. The van der Waals surface area contributed by atoms with Crippen molar-refractivity contribution in [3.63, 3.8) is 0 Å². The van der Waals surface area contributed by atoms with Crippen LogP contribution in [0.3, 0.4) is 0 Å². The highest BCUT2D eigenvalue weighted by molar-refractivity contribution is 7.92. The van der Waals surface area contributed by atoms with Crippen molar-refractivity contribution in [2.75, 3.05) is 36.4 Å². The minimum atomic E-state index is -4.62. The van der Waals surface area contributed by atoms with Crippen LogP contribution in [-0.4, -0.2) is 53.1 Å². The molecular formula is C25H34F3N3O6S. The summed E-state index contributed by atoms with van der Waals surface area (Å²) in [5.41, 5.74) is -0.378. The summed E-state index contributed by atoms with van der Waals surface area (Å²) in [5.74, 6) is 0.401. The van der Waals surface area contributed by atoms with E-state index >= 15 is 0 Å². The molecule has 0 bridgehead atoms. The van der Waals surface area contributed by atoms with Crippen molar-refractivity contribution in [2.24, 2.45) is 0 Å². The molecule has 0 aliphatic carbocycles. The zero-order valence-electron chi connectivity index (χ0n) is 22.2. The second-order valence-corrected chi connectivity index (χ2v) is 10.7. The summed E-state index contributed by atoms with van der Waals surface area (Å²) >= 11 is 0. The van der Waals surface area contributed by atoms with Crippen LogP contribution in [0.25, 0.3) is 0 Å². The smallest absolute Gasteiger partial charge is 0.416 e. The van der Waals surface area contributed by atoms with Crippen molar-refractivity contribution < 1.29 is 40.7 Å². The lowest BCUT2D eigenvalue weighted by Crippen LogP contribution is -2.38. The third-order valence-electron chi connectivity index (χ3n) is 4.64. The van der Waals surface area contributed by atoms with Crippen LogP contribution in [-0.2, 0) is 30.5 Å². The molecule has 1 aliphatic heterocycles. The number of sulfonamides is 1. The van der Waals surface area contributed by atoms with Crippen molar-refractivity contribution in [2.45, 2.75) is 51.3 Å². The van der Waals surface area contributed by atoms with E-state index in [0.717, 1.165) is 29.0 Å². The van der Waals surface area contributed by atoms with Gasteiger partial charge in [0.25, 0.3) is 16.5 Å². The summed E-state index contributed by atoms with van der Waals surface area (Å²) in [5, 5.41) is 5.46. The van der Waals surface area contributed by atoms with Crippen LogP contribution in [0, 0.1) is 0 Å². The van der Waals surface area contributed by atoms with E-state index in [1.165, 1.54) is 6.92 Å². The van der Waals surface area contributed by atoms with Crippen LogP contribution in [0.4, 0.5) is 24.5 Å². The molecule has 13 heteroatoms. The molecule has 2 aromatic carbocycles. The molecule has 2 N–H and O–H groups in total. The molecule has 1 aliphatic rings. The molecule has 9 nitrogen and oxygen atoms in total. The maximum atomic E-state index is 12.9. The van der Waals surface area contributed by atoms with Crippen LogP contribution < -0.4 is 19.7 Å². The van der Waals surface area contributed by atoms with E-state index in [1.807, 2.05) is 27.7 Å². The first-order chi connectivity index (χ1) is 17.6. The van der Waals surface area contributed by atoms with Gasteiger partial charge < -0.3 is 20.1 Å². The summed E-state index contributed by atoms with van der Waals surface area (Å²) in [4.78, 5) is 19.1. The average Bonchev–Trinajstić information content (AvgIpc) is 2.82. The van der Waals surface area contributed by atoms with Gasteiger partial charge in [-0.25, -0.2) is 8.42 Å². The number of ether oxygens (including phenoxy) is 2. The van der Waals surface area contributed by atoms with E-state index in [1.54, 1.807) is 25.2 Å². The zero-order valence-corrected chi connectivity index (χ0v) is 23.0. The van der Waals surface area contributed by atoms with Gasteiger partial charge in [0, 0.05) is 26.2 Å². The number of nitrogens with zero attached hydrogens (tertiary/aromatic N) is 1. The van der Waals surface area contributed by atoms with Crippen LogP contribution in [0.1, 0.15) is 40.2 Å². The van der Waals surface area contributed by atoms with E-state index in [-0.39, 0.29) is 30.3 Å². The molecule has 0 radical (unpaired) electrons. The molecule has 3 rings (SSSR count). The van der Waals surface area contributed by atoms with Gasteiger partial charge in [0.2, 0.25) is 5.91 Å². The summed E-state index contributed by atoms with van der Waals surface area (Å²) < 4.78 is 75.6. The van der Waals surface area contributed by atoms with Crippen molar-refractivity contribution >= 4 is 33.8 Å². The largest absolute Gasteiger partial charge is 0.489 e. The Bertz CT molecular complexity index is 1180. The Morgan fingerprint density at radius 2 is 1.82 bits per heavy atom. The highest BCUT2D eigenvalue weighted by atomic mass is 32.2. The Balaban J connectivity index is 0.000000461. The van der Waals surface area contributed by atoms with Crippen molar-refractivity contribution in [1.29, 1.82) is 0 Å². The molecule has 1 heterocycles. The second kappa shape index (κ2) is 13.9. The van der Waals surface area contributed by atoms with Crippen molar-refractivity contribution in [1.82, 2.24) is 5.32 Å². The van der Waals surface area contributed by atoms with Crippen LogP contribution in [0.15, 0.2) is 47.4 Å². The molecule has 38 heavy (non-hydrogen) atoms. The molecule has 0 aromatic heterocycles. The predicted molar refractivity (Wildman–Crippen MR) is 139 cm³/mol. The molecular weight excluding hydrogens is 527 g/mol. The number of nitrogens with one attached hydrogen (secondary N) is 2. The number of hydrogen-bond acceptors (Lipinski definition) is 7. The first-order valence-electron chi connectivity index (χ1n) is 11.6. The van der Waals surface area contributed by atoms with E-state index in [2.05, 4.69) is 15.4 Å². The lowest BCUT2D eigenvalue weighted by Gasteiger charge is -2.31. The first-order valence-corrected chi connectivity index (χ1v) is 13.0. The van der Waals surface area contributed by atoms with Gasteiger partial charge in [0.15, 0.2) is 0 Å². The molecule has 0 atom stereocenters. The summed E-state index contributed by atoms with van der Waals surface area (Å²) in [6.07, 6.45) is -4.62. The third-order valence-corrected chi connectivity index (χ3v) is 6.45. The minimum absolute atomic E-state index is 0.0126. The number of carbonyl (C=O) groups is 2. The van der Waals surface area contributed by atoms with Crippen LogP contribution in [0.2, 0.25) is 0 Å². The van der Waals surface area contributed by atoms with Crippen LogP contribution in [0.5, 0.6) is 5.75 Å². The number of amides is 1. The zero-order chi connectivity index (χ0) is 29.1. The standard InChI is InChI=1S/C16H15F3N2O3S.C5H10O2.C4H9NO/c1-20-12-5-6-15-14(10-12)21(7-8-24-15)25(22,23)13-4-2-3-11(9-13)16(17,18)19;1-5(2,3)7-4-6;1-3-5-4(2)6/h2-6,9-10,20H,7-8H2,1H3;4H,1-3H3;3H2,1-2H3,(H,5,6). The fourth-order valence-corrected chi connectivity index (χ4v) is 4.45. The van der Waals surface area contributed by atoms with E-state index in [0.29, 0.717) is 24.0 Å². The fraction of sp³-hybridized carbons (Fsp3) is 0.440. The molecule has 1 amide bonds.